The number of para-hydroxylation sites is 1. The van der Waals surface area contributed by atoms with E-state index in [0.29, 0.717) is 37.9 Å². The van der Waals surface area contributed by atoms with E-state index in [-0.39, 0.29) is 5.91 Å². The van der Waals surface area contributed by atoms with Crippen LogP contribution in [0.3, 0.4) is 0 Å². The van der Waals surface area contributed by atoms with E-state index < -0.39 is 6.10 Å². The van der Waals surface area contributed by atoms with Crippen LogP contribution in [0.25, 0.3) is 0 Å². The van der Waals surface area contributed by atoms with Crippen molar-refractivity contribution in [3.05, 3.63) is 53.5 Å². The maximum absolute atomic E-state index is 12.7. The summed E-state index contributed by atoms with van der Waals surface area (Å²) in [5.74, 6) is 0.285. The summed E-state index contributed by atoms with van der Waals surface area (Å²) in [5.41, 5.74) is 3.50. The third-order valence-electron chi connectivity index (χ3n) is 5.08. The molecule has 2 aromatic rings. The first-order valence-corrected chi connectivity index (χ1v) is 8.51. The van der Waals surface area contributed by atoms with Crippen LogP contribution in [0.5, 0.6) is 0 Å². The number of hydrogen-bond acceptors (Lipinski definition) is 4. The zero-order chi connectivity index (χ0) is 16.7. The lowest BCUT2D eigenvalue weighted by Gasteiger charge is -2.25. The number of anilines is 1. The van der Waals surface area contributed by atoms with Crippen LogP contribution in [0.4, 0.5) is 5.69 Å². The highest BCUT2D eigenvalue weighted by molar-refractivity contribution is 5.93. The number of furan rings is 1. The van der Waals surface area contributed by atoms with Gasteiger partial charge in [-0.25, -0.2) is 0 Å². The van der Waals surface area contributed by atoms with Crippen LogP contribution in [0.2, 0.25) is 0 Å². The summed E-state index contributed by atoms with van der Waals surface area (Å²) in [5, 5.41) is 9.66. The number of likely N-dealkylation sites (tertiary alicyclic amines) is 1. The molecule has 1 fully saturated rings. The SMILES string of the molecule is CC1Cc2ccccc2N1Cc1ccoc1C(=O)N1CC[C@@H](O)C1. The molecule has 2 aliphatic heterocycles. The first kappa shape index (κ1) is 15.3. The standard InChI is InChI=1S/C19H22N2O3/c1-13-10-14-4-2-3-5-17(14)21(13)11-15-7-9-24-18(15)19(23)20-8-6-16(22)12-20/h2-5,7,9,13,16,22H,6,8,10-12H2,1H3/t13?,16-/m1/s1. The lowest BCUT2D eigenvalue weighted by Crippen LogP contribution is -2.32. The highest BCUT2D eigenvalue weighted by atomic mass is 16.3. The van der Waals surface area contributed by atoms with Gasteiger partial charge < -0.3 is 19.3 Å². The van der Waals surface area contributed by atoms with Crippen molar-refractivity contribution in [3.8, 4) is 0 Å². The van der Waals surface area contributed by atoms with Gasteiger partial charge in [0, 0.05) is 36.9 Å². The third kappa shape index (κ3) is 2.59. The van der Waals surface area contributed by atoms with Crippen molar-refractivity contribution >= 4 is 11.6 Å². The van der Waals surface area contributed by atoms with E-state index in [1.165, 1.54) is 11.3 Å². The van der Waals surface area contributed by atoms with Crippen molar-refractivity contribution < 1.29 is 14.3 Å². The highest BCUT2D eigenvalue weighted by Crippen LogP contribution is 2.33. The normalized spacial score (nSPS) is 22.9. The Labute approximate surface area is 141 Å². The Morgan fingerprint density at radius 2 is 2.17 bits per heavy atom. The summed E-state index contributed by atoms with van der Waals surface area (Å²) < 4.78 is 5.51. The lowest BCUT2D eigenvalue weighted by molar-refractivity contribution is 0.0732. The summed E-state index contributed by atoms with van der Waals surface area (Å²) in [4.78, 5) is 16.7. The molecule has 1 aromatic carbocycles. The molecule has 1 saturated heterocycles. The number of benzene rings is 1. The Kier molecular flexibility index (Phi) is 3.81. The number of carbonyl (C=O) groups excluding carboxylic acids is 1. The number of β-amino-alcohol motifs (C(OH)–C–C–N with tert-alkyl or cyclic N) is 1. The Morgan fingerprint density at radius 1 is 1.33 bits per heavy atom. The van der Waals surface area contributed by atoms with Crippen LogP contribution in [0, 0.1) is 0 Å². The molecule has 2 aliphatic rings. The van der Waals surface area contributed by atoms with E-state index >= 15 is 0 Å². The number of fused-ring (bicyclic) bond motifs is 1. The van der Waals surface area contributed by atoms with E-state index in [4.69, 9.17) is 4.42 Å². The number of amides is 1. The van der Waals surface area contributed by atoms with Gasteiger partial charge >= 0.3 is 0 Å². The molecule has 0 bridgehead atoms. The van der Waals surface area contributed by atoms with Gasteiger partial charge in [-0.1, -0.05) is 18.2 Å². The average molecular weight is 326 g/mol. The maximum atomic E-state index is 12.7. The summed E-state index contributed by atoms with van der Waals surface area (Å²) in [6.45, 7) is 3.84. The maximum Gasteiger partial charge on any atom is 0.290 e. The fraction of sp³-hybridized carbons (Fsp3) is 0.421. The van der Waals surface area contributed by atoms with E-state index in [1.807, 2.05) is 6.07 Å². The smallest absolute Gasteiger partial charge is 0.290 e. The molecule has 1 aromatic heterocycles. The van der Waals surface area contributed by atoms with Crippen LogP contribution in [0.1, 0.15) is 35.0 Å². The molecule has 1 amide bonds. The van der Waals surface area contributed by atoms with E-state index in [1.54, 1.807) is 11.2 Å². The number of nitrogens with zero attached hydrogens (tertiary/aromatic N) is 2. The molecule has 0 spiro atoms. The van der Waals surface area contributed by atoms with Crippen molar-refractivity contribution in [2.45, 2.75) is 38.5 Å². The van der Waals surface area contributed by atoms with Crippen LogP contribution in [-0.2, 0) is 13.0 Å². The van der Waals surface area contributed by atoms with Gasteiger partial charge in [0.15, 0.2) is 5.76 Å². The van der Waals surface area contributed by atoms with Crippen molar-refractivity contribution in [2.24, 2.45) is 0 Å². The van der Waals surface area contributed by atoms with Gasteiger partial charge in [0.25, 0.3) is 5.91 Å². The van der Waals surface area contributed by atoms with Crippen molar-refractivity contribution in [1.29, 1.82) is 0 Å². The Bertz CT molecular complexity index is 755. The molecular weight excluding hydrogens is 304 g/mol. The summed E-state index contributed by atoms with van der Waals surface area (Å²) >= 11 is 0. The second-order valence-electron chi connectivity index (χ2n) is 6.78. The number of aliphatic hydroxyl groups is 1. The van der Waals surface area contributed by atoms with Crippen molar-refractivity contribution in [1.82, 2.24) is 4.90 Å². The van der Waals surface area contributed by atoms with Gasteiger partial charge in [0.1, 0.15) is 0 Å². The molecule has 0 aliphatic carbocycles. The van der Waals surface area contributed by atoms with Gasteiger partial charge in [-0.15, -0.1) is 0 Å². The molecule has 0 saturated carbocycles. The molecule has 2 atom stereocenters. The zero-order valence-electron chi connectivity index (χ0n) is 13.8. The number of aliphatic hydroxyl groups excluding tert-OH is 1. The molecular formula is C19H22N2O3. The fourth-order valence-electron chi connectivity index (χ4n) is 3.77. The highest BCUT2D eigenvalue weighted by Gasteiger charge is 2.31. The Balaban J connectivity index is 1.56. The molecule has 1 N–H and O–H groups in total. The number of hydrogen-bond donors (Lipinski definition) is 1. The van der Waals surface area contributed by atoms with Gasteiger partial charge in [-0.3, -0.25) is 4.79 Å². The molecule has 126 valence electrons. The molecule has 1 unspecified atom stereocenters. The van der Waals surface area contributed by atoms with Gasteiger partial charge in [0.05, 0.1) is 12.4 Å². The first-order valence-electron chi connectivity index (χ1n) is 8.51. The minimum absolute atomic E-state index is 0.119. The monoisotopic (exact) mass is 326 g/mol. The quantitative estimate of drug-likeness (QED) is 0.941. The van der Waals surface area contributed by atoms with Crippen LogP contribution >= 0.6 is 0 Å². The van der Waals surface area contributed by atoms with Crippen LogP contribution in [-0.4, -0.2) is 41.1 Å². The fourth-order valence-corrected chi connectivity index (χ4v) is 3.77. The van der Waals surface area contributed by atoms with Gasteiger partial charge in [-0.2, -0.15) is 0 Å². The molecule has 4 rings (SSSR count). The minimum atomic E-state index is -0.419. The van der Waals surface area contributed by atoms with Crippen molar-refractivity contribution in [2.75, 3.05) is 18.0 Å². The molecule has 5 nitrogen and oxygen atoms in total. The van der Waals surface area contributed by atoms with Crippen LogP contribution in [0.15, 0.2) is 41.0 Å². The van der Waals surface area contributed by atoms with E-state index in [2.05, 4.69) is 36.1 Å². The second-order valence-corrected chi connectivity index (χ2v) is 6.78. The average Bonchev–Trinajstić information content (AvgIpc) is 3.27. The third-order valence-corrected chi connectivity index (χ3v) is 5.08. The zero-order valence-corrected chi connectivity index (χ0v) is 13.8. The molecule has 5 heteroatoms. The van der Waals surface area contributed by atoms with Crippen molar-refractivity contribution in [3.63, 3.8) is 0 Å². The van der Waals surface area contributed by atoms with E-state index in [0.717, 1.165) is 12.0 Å². The Morgan fingerprint density at radius 3 is 2.96 bits per heavy atom. The minimum Gasteiger partial charge on any atom is -0.459 e. The first-order chi connectivity index (χ1) is 11.6. The molecule has 24 heavy (non-hydrogen) atoms. The summed E-state index contributed by atoms with van der Waals surface area (Å²) in [6, 6.07) is 10.7. The topological polar surface area (TPSA) is 56.9 Å². The van der Waals surface area contributed by atoms with Gasteiger partial charge in [0.2, 0.25) is 0 Å². The largest absolute Gasteiger partial charge is 0.459 e. The number of carbonyl (C=O) groups is 1. The van der Waals surface area contributed by atoms with Crippen LogP contribution < -0.4 is 4.90 Å². The summed E-state index contributed by atoms with van der Waals surface area (Å²) in [7, 11) is 0. The van der Waals surface area contributed by atoms with E-state index in [9.17, 15) is 9.90 Å². The van der Waals surface area contributed by atoms with Gasteiger partial charge in [-0.05, 0) is 37.5 Å². The number of rotatable bonds is 3. The summed E-state index contributed by atoms with van der Waals surface area (Å²) in [6.07, 6.45) is 2.83. The second kappa shape index (κ2) is 5.98. The predicted octanol–water partition coefficient (Wildman–Crippen LogP) is 2.44. The molecule has 3 heterocycles. The Hall–Kier alpha value is -2.27. The lowest BCUT2D eigenvalue weighted by atomic mass is 10.1. The predicted molar refractivity (Wildman–Crippen MR) is 91.0 cm³/mol. The molecule has 0 radical (unpaired) electrons.